The van der Waals surface area contributed by atoms with Crippen LogP contribution in [-0.4, -0.2) is 51.8 Å². The molecule has 0 unspecified atom stereocenters. The van der Waals surface area contributed by atoms with Crippen LogP contribution in [0.4, 0.5) is 30.8 Å². The molecular weight excluding hydrogens is 504 g/mol. The number of nitrogens with zero attached hydrogens (tertiary/aromatic N) is 5. The molecule has 0 spiro atoms. The zero-order chi connectivity index (χ0) is 27.9. The molecule has 39 heavy (non-hydrogen) atoms. The number of carbonyl (C=O) groups excluding carboxylic acids is 1. The average Bonchev–Trinajstić information content (AvgIpc) is 3.25. The minimum absolute atomic E-state index is 0.0312. The van der Waals surface area contributed by atoms with Gasteiger partial charge in [0.25, 0.3) is 0 Å². The maximum absolute atomic E-state index is 15.8. The summed E-state index contributed by atoms with van der Waals surface area (Å²) >= 11 is 0. The first-order valence-corrected chi connectivity index (χ1v) is 12.7. The molecule has 2 aromatic carbocycles. The van der Waals surface area contributed by atoms with Crippen molar-refractivity contribution in [2.75, 3.05) is 36.9 Å². The summed E-state index contributed by atoms with van der Waals surface area (Å²) in [4.78, 5) is 19.7. The molecule has 0 atom stereocenters. The Bertz CT molecular complexity index is 1540. The number of halogens is 2. The molecule has 9 nitrogen and oxygen atoms in total. The zero-order valence-corrected chi connectivity index (χ0v) is 22.1. The van der Waals surface area contributed by atoms with Gasteiger partial charge in [0.15, 0.2) is 5.82 Å². The third-order valence-corrected chi connectivity index (χ3v) is 6.90. The molecule has 0 saturated carbocycles. The van der Waals surface area contributed by atoms with Crippen molar-refractivity contribution in [3.05, 3.63) is 71.7 Å². The summed E-state index contributed by atoms with van der Waals surface area (Å²) in [5.74, 6) is -1.44. The normalized spacial score (nSPS) is 14.6. The number of carbonyl (C=O) groups is 1. The number of nitrogens with two attached hydrogens (primary N) is 2. The molecule has 0 bridgehead atoms. The van der Waals surface area contributed by atoms with Crippen LogP contribution < -0.4 is 16.4 Å². The second-order valence-corrected chi connectivity index (χ2v) is 10.6. The molecule has 4 N–H and O–H groups in total. The number of morpholine rings is 1. The topological polar surface area (TPSA) is 115 Å². The van der Waals surface area contributed by atoms with E-state index in [2.05, 4.69) is 15.0 Å². The van der Waals surface area contributed by atoms with E-state index in [1.54, 1.807) is 28.8 Å². The number of fused-ring (bicyclic) bond motifs is 1. The molecule has 1 saturated heterocycles. The SMILES string of the molecule is CC(C)(C)c1cccc(N(C(N)=O)c2cc(F)c(-c3cc(CN4CCOCC4)n4ncnc(N)c34)cc2F)c1. The second-order valence-electron chi connectivity index (χ2n) is 10.6. The largest absolute Gasteiger partial charge is 0.382 e. The minimum atomic E-state index is -0.938. The predicted molar refractivity (Wildman–Crippen MR) is 146 cm³/mol. The van der Waals surface area contributed by atoms with Crippen molar-refractivity contribution in [3.63, 3.8) is 0 Å². The van der Waals surface area contributed by atoms with E-state index in [-0.39, 0.29) is 22.5 Å². The van der Waals surface area contributed by atoms with Gasteiger partial charge in [-0.1, -0.05) is 32.9 Å². The number of nitrogen functional groups attached to an aromatic ring is 1. The molecule has 2 amide bonds. The van der Waals surface area contributed by atoms with Gasteiger partial charge in [-0.2, -0.15) is 5.10 Å². The van der Waals surface area contributed by atoms with Gasteiger partial charge in [0.1, 0.15) is 23.5 Å². The zero-order valence-electron chi connectivity index (χ0n) is 22.1. The van der Waals surface area contributed by atoms with Crippen LogP contribution in [0.25, 0.3) is 16.6 Å². The van der Waals surface area contributed by atoms with Crippen LogP contribution in [0.5, 0.6) is 0 Å². The monoisotopic (exact) mass is 535 g/mol. The van der Waals surface area contributed by atoms with Gasteiger partial charge >= 0.3 is 6.03 Å². The lowest BCUT2D eigenvalue weighted by atomic mass is 9.87. The Morgan fingerprint density at radius 3 is 2.51 bits per heavy atom. The number of hydrogen-bond acceptors (Lipinski definition) is 6. The summed E-state index contributed by atoms with van der Waals surface area (Å²) < 4.78 is 38.5. The van der Waals surface area contributed by atoms with Crippen LogP contribution in [0.3, 0.4) is 0 Å². The van der Waals surface area contributed by atoms with Crippen molar-refractivity contribution in [3.8, 4) is 11.1 Å². The van der Waals surface area contributed by atoms with Crippen molar-refractivity contribution in [1.29, 1.82) is 0 Å². The van der Waals surface area contributed by atoms with Gasteiger partial charge < -0.3 is 16.2 Å². The number of urea groups is 1. The fraction of sp³-hybridized carbons (Fsp3) is 0.321. The van der Waals surface area contributed by atoms with Gasteiger partial charge in [-0.3, -0.25) is 9.80 Å². The number of rotatable bonds is 5. The molecule has 2 aromatic heterocycles. The summed E-state index contributed by atoms with van der Waals surface area (Å²) in [6.07, 6.45) is 1.32. The average molecular weight is 536 g/mol. The van der Waals surface area contributed by atoms with Crippen LogP contribution in [0.2, 0.25) is 0 Å². The lowest BCUT2D eigenvalue weighted by Gasteiger charge is -2.26. The lowest BCUT2D eigenvalue weighted by Crippen LogP contribution is -2.36. The summed E-state index contributed by atoms with van der Waals surface area (Å²) in [6, 6.07) is 9.86. The fourth-order valence-electron chi connectivity index (χ4n) is 4.85. The summed E-state index contributed by atoms with van der Waals surface area (Å²) in [5, 5.41) is 4.32. The maximum Gasteiger partial charge on any atom is 0.323 e. The van der Waals surface area contributed by atoms with E-state index in [0.29, 0.717) is 36.5 Å². The summed E-state index contributed by atoms with van der Waals surface area (Å²) in [7, 11) is 0. The molecular formula is C28H31F2N7O2. The van der Waals surface area contributed by atoms with E-state index in [0.717, 1.165) is 41.4 Å². The molecule has 5 rings (SSSR count). The number of ether oxygens (including phenoxy) is 1. The Morgan fingerprint density at radius 1 is 1.08 bits per heavy atom. The van der Waals surface area contributed by atoms with Crippen molar-refractivity contribution in [2.24, 2.45) is 5.73 Å². The summed E-state index contributed by atoms with van der Waals surface area (Å²) in [5.41, 5.74) is 14.0. The van der Waals surface area contributed by atoms with Gasteiger partial charge in [0, 0.05) is 36.8 Å². The van der Waals surface area contributed by atoms with Gasteiger partial charge in [-0.05, 0) is 35.2 Å². The number of aromatic nitrogens is 3. The van der Waals surface area contributed by atoms with Crippen LogP contribution in [0, 0.1) is 11.6 Å². The highest BCUT2D eigenvalue weighted by atomic mass is 19.1. The van der Waals surface area contributed by atoms with Crippen LogP contribution in [0.15, 0.2) is 48.8 Å². The smallest absolute Gasteiger partial charge is 0.323 e. The number of primary amides is 1. The van der Waals surface area contributed by atoms with E-state index in [1.165, 1.54) is 6.33 Å². The molecule has 11 heteroatoms. The fourth-order valence-corrected chi connectivity index (χ4v) is 4.85. The molecule has 1 aliphatic heterocycles. The van der Waals surface area contributed by atoms with Crippen LogP contribution in [-0.2, 0) is 16.7 Å². The Hall–Kier alpha value is -4.09. The Morgan fingerprint density at radius 2 is 1.82 bits per heavy atom. The van der Waals surface area contributed by atoms with Gasteiger partial charge in [0.05, 0.1) is 30.3 Å². The van der Waals surface area contributed by atoms with E-state index in [9.17, 15) is 4.79 Å². The van der Waals surface area contributed by atoms with Crippen molar-refractivity contribution in [2.45, 2.75) is 32.7 Å². The van der Waals surface area contributed by atoms with Crippen molar-refractivity contribution in [1.82, 2.24) is 19.5 Å². The summed E-state index contributed by atoms with van der Waals surface area (Å²) in [6.45, 7) is 9.26. The molecule has 1 aliphatic rings. The predicted octanol–water partition coefficient (Wildman–Crippen LogP) is 4.60. The number of anilines is 3. The molecule has 4 aromatic rings. The molecule has 3 heterocycles. The highest BCUT2D eigenvalue weighted by Gasteiger charge is 2.26. The molecule has 204 valence electrons. The standard InChI is InChI=1S/C28H31F2N7O2/c1-28(2,3)17-5-4-6-18(11-17)36(27(32)38)24-14-22(29)20(13-23(24)30)21-12-19(15-35-7-9-39-10-8-35)37-25(21)26(31)33-16-34-37/h4-6,11-14,16H,7-10,15H2,1-3H3,(H2,32,38)(H2,31,33,34). The van der Waals surface area contributed by atoms with E-state index in [1.807, 2.05) is 26.8 Å². The van der Waals surface area contributed by atoms with E-state index in [4.69, 9.17) is 16.2 Å². The van der Waals surface area contributed by atoms with Crippen molar-refractivity contribution < 1.29 is 18.3 Å². The Labute approximate surface area is 225 Å². The van der Waals surface area contributed by atoms with Crippen molar-refractivity contribution >= 4 is 28.7 Å². The quantitative estimate of drug-likeness (QED) is 0.386. The highest BCUT2D eigenvalue weighted by Crippen LogP contribution is 2.38. The second kappa shape index (κ2) is 10.2. The first-order valence-electron chi connectivity index (χ1n) is 12.7. The molecule has 1 fully saturated rings. The van der Waals surface area contributed by atoms with Crippen LogP contribution in [0.1, 0.15) is 32.0 Å². The number of benzene rings is 2. The van der Waals surface area contributed by atoms with Gasteiger partial charge in [-0.15, -0.1) is 0 Å². The third-order valence-electron chi connectivity index (χ3n) is 6.90. The highest BCUT2D eigenvalue weighted by molar-refractivity contribution is 5.99. The minimum Gasteiger partial charge on any atom is -0.382 e. The van der Waals surface area contributed by atoms with Gasteiger partial charge in [0.2, 0.25) is 0 Å². The van der Waals surface area contributed by atoms with E-state index < -0.39 is 17.7 Å². The first-order chi connectivity index (χ1) is 18.5. The van der Waals surface area contributed by atoms with E-state index >= 15 is 8.78 Å². The number of hydrogen-bond donors (Lipinski definition) is 2. The van der Waals surface area contributed by atoms with Gasteiger partial charge in [-0.25, -0.2) is 23.1 Å². The number of amides is 2. The first kappa shape index (κ1) is 26.5. The Kier molecular flexibility index (Phi) is 6.96. The third kappa shape index (κ3) is 5.15. The molecule has 0 radical (unpaired) electrons. The lowest BCUT2D eigenvalue weighted by molar-refractivity contribution is 0.0334. The maximum atomic E-state index is 15.8. The Balaban J connectivity index is 1.60. The van der Waals surface area contributed by atoms with Crippen LogP contribution >= 0.6 is 0 Å². The molecule has 0 aliphatic carbocycles.